The van der Waals surface area contributed by atoms with E-state index < -0.39 is 0 Å². The van der Waals surface area contributed by atoms with E-state index in [4.69, 9.17) is 0 Å². The molecule has 1 atom stereocenters. The van der Waals surface area contributed by atoms with Crippen molar-refractivity contribution in [2.24, 2.45) is 0 Å². The van der Waals surface area contributed by atoms with Crippen molar-refractivity contribution in [1.29, 1.82) is 0 Å². The molecule has 0 aromatic rings. The van der Waals surface area contributed by atoms with Crippen molar-refractivity contribution in [2.45, 2.75) is 102 Å². The van der Waals surface area contributed by atoms with E-state index in [0.717, 1.165) is 5.66 Å². The zero-order valence-corrected chi connectivity index (χ0v) is 13.7. The van der Waals surface area contributed by atoms with E-state index in [1.807, 2.05) is 0 Å². The van der Waals surface area contributed by atoms with Crippen LogP contribution in [0.1, 0.15) is 96.8 Å². The van der Waals surface area contributed by atoms with Crippen LogP contribution in [0.5, 0.6) is 0 Å². The fourth-order valence-electron chi connectivity index (χ4n) is 3.05. The fraction of sp³-hybridized carbons (Fsp3) is 1.00. The van der Waals surface area contributed by atoms with Crippen molar-refractivity contribution >= 4 is 8.58 Å². The van der Waals surface area contributed by atoms with Crippen LogP contribution in [0, 0.1) is 0 Å². The van der Waals surface area contributed by atoms with Crippen molar-refractivity contribution in [2.75, 3.05) is 6.16 Å². The molecule has 1 rings (SSSR count). The van der Waals surface area contributed by atoms with Gasteiger partial charge in [0, 0.05) is 0 Å². The van der Waals surface area contributed by atoms with Gasteiger partial charge in [-0.2, -0.15) is 0 Å². The van der Waals surface area contributed by atoms with Gasteiger partial charge >= 0.3 is 0 Å². The topological polar surface area (TPSA) is 0 Å². The van der Waals surface area contributed by atoms with Crippen LogP contribution in [0.25, 0.3) is 0 Å². The van der Waals surface area contributed by atoms with Gasteiger partial charge in [-0.05, 0) is 31.1 Å². The lowest BCUT2D eigenvalue weighted by Crippen LogP contribution is -2.02. The van der Waals surface area contributed by atoms with E-state index in [-0.39, 0.29) is 0 Å². The van der Waals surface area contributed by atoms with Gasteiger partial charge in [0.25, 0.3) is 0 Å². The molecule has 108 valence electrons. The van der Waals surface area contributed by atoms with Crippen LogP contribution in [0.2, 0.25) is 0 Å². The molecule has 0 saturated heterocycles. The summed E-state index contributed by atoms with van der Waals surface area (Å²) in [6.45, 7) is 2.31. The molecule has 1 heteroatoms. The molecule has 1 unspecified atom stereocenters. The summed E-state index contributed by atoms with van der Waals surface area (Å²) in [7, 11) is 1.28. The van der Waals surface area contributed by atoms with Crippen LogP contribution in [-0.2, 0) is 0 Å². The van der Waals surface area contributed by atoms with Crippen molar-refractivity contribution < 1.29 is 0 Å². The quantitative estimate of drug-likeness (QED) is 0.380. The average molecular weight is 270 g/mol. The van der Waals surface area contributed by atoms with Crippen molar-refractivity contribution in [3.63, 3.8) is 0 Å². The molecule has 0 aromatic carbocycles. The van der Waals surface area contributed by atoms with Gasteiger partial charge in [-0.15, -0.1) is 8.58 Å². The Bertz CT molecular complexity index is 155. The highest BCUT2D eigenvalue weighted by atomic mass is 31.1. The third-order valence-electron chi connectivity index (χ3n) is 4.32. The molecular weight excluding hydrogens is 235 g/mol. The van der Waals surface area contributed by atoms with Gasteiger partial charge in [0.2, 0.25) is 0 Å². The standard InChI is InChI=1S/C17H35P/c1-2-3-4-13-16-18-17-14-11-9-7-5-6-8-10-12-15-17/h17-18H,2-16H2,1H3. The highest BCUT2D eigenvalue weighted by molar-refractivity contribution is 7.38. The van der Waals surface area contributed by atoms with Gasteiger partial charge in [-0.25, -0.2) is 0 Å². The Balaban J connectivity index is 2.10. The molecule has 0 aromatic heterocycles. The maximum absolute atomic E-state index is 2.31. The molecule has 0 N–H and O–H groups in total. The Labute approximate surface area is 117 Å². The summed E-state index contributed by atoms with van der Waals surface area (Å²) >= 11 is 0. The first-order valence-electron chi connectivity index (χ1n) is 8.67. The number of unbranched alkanes of at least 4 members (excludes halogenated alkanes) is 3. The lowest BCUT2D eigenvalue weighted by Gasteiger charge is -2.16. The summed E-state index contributed by atoms with van der Waals surface area (Å²) in [5.41, 5.74) is 1.10. The van der Waals surface area contributed by atoms with E-state index in [9.17, 15) is 0 Å². The van der Waals surface area contributed by atoms with Crippen LogP contribution >= 0.6 is 8.58 Å². The minimum absolute atomic E-state index is 1.10. The predicted octanol–water partition coefficient (Wildman–Crippen LogP) is 6.53. The Morgan fingerprint density at radius 2 is 1.28 bits per heavy atom. The highest BCUT2D eigenvalue weighted by Gasteiger charge is 2.09. The number of hydrogen-bond donors (Lipinski definition) is 0. The van der Waals surface area contributed by atoms with Crippen molar-refractivity contribution in [3.05, 3.63) is 0 Å². The predicted molar refractivity (Wildman–Crippen MR) is 87.3 cm³/mol. The first-order valence-corrected chi connectivity index (χ1v) is 9.95. The van der Waals surface area contributed by atoms with Gasteiger partial charge in [0.1, 0.15) is 0 Å². The van der Waals surface area contributed by atoms with Crippen LogP contribution in [-0.4, -0.2) is 11.8 Å². The van der Waals surface area contributed by atoms with E-state index >= 15 is 0 Å². The Kier molecular flexibility index (Phi) is 11.4. The highest BCUT2D eigenvalue weighted by Crippen LogP contribution is 2.31. The molecule has 0 radical (unpaired) electrons. The lowest BCUT2D eigenvalue weighted by molar-refractivity contribution is 0.585. The smallest absolute Gasteiger partial charge is 0.0237 e. The summed E-state index contributed by atoms with van der Waals surface area (Å²) < 4.78 is 0. The van der Waals surface area contributed by atoms with E-state index in [1.54, 1.807) is 12.8 Å². The average Bonchev–Trinajstić information content (AvgIpc) is 2.44. The molecule has 1 aliphatic carbocycles. The first kappa shape index (κ1) is 16.5. The van der Waals surface area contributed by atoms with Crippen LogP contribution in [0.15, 0.2) is 0 Å². The zero-order chi connectivity index (χ0) is 12.9. The summed E-state index contributed by atoms with van der Waals surface area (Å²) in [4.78, 5) is 0. The molecule has 1 saturated carbocycles. The van der Waals surface area contributed by atoms with Gasteiger partial charge in [-0.1, -0.05) is 77.6 Å². The fourth-order valence-corrected chi connectivity index (χ4v) is 4.73. The monoisotopic (exact) mass is 270 g/mol. The second-order valence-corrected chi connectivity index (χ2v) is 7.84. The summed E-state index contributed by atoms with van der Waals surface area (Å²) in [5, 5.41) is 0. The zero-order valence-electron chi connectivity index (χ0n) is 12.7. The Morgan fingerprint density at radius 3 is 1.83 bits per heavy atom. The third kappa shape index (κ3) is 9.37. The lowest BCUT2D eigenvalue weighted by atomic mass is 10.1. The summed E-state index contributed by atoms with van der Waals surface area (Å²) in [6, 6.07) is 0. The van der Waals surface area contributed by atoms with Crippen molar-refractivity contribution in [1.82, 2.24) is 0 Å². The molecule has 0 heterocycles. The Hall–Kier alpha value is 0.430. The summed E-state index contributed by atoms with van der Waals surface area (Å²) in [5.74, 6) is 0. The SMILES string of the molecule is CCCCCCPC1CCCCCCCCCC1. The van der Waals surface area contributed by atoms with Gasteiger partial charge in [0.05, 0.1) is 0 Å². The second-order valence-electron chi connectivity index (χ2n) is 6.12. The molecule has 0 bridgehead atoms. The number of hydrogen-bond acceptors (Lipinski definition) is 0. The molecule has 1 aliphatic rings. The number of rotatable bonds is 6. The van der Waals surface area contributed by atoms with Crippen molar-refractivity contribution in [3.8, 4) is 0 Å². The summed E-state index contributed by atoms with van der Waals surface area (Å²) in [6.07, 6.45) is 22.5. The normalized spacial score (nSPS) is 21.2. The van der Waals surface area contributed by atoms with Crippen LogP contribution < -0.4 is 0 Å². The molecule has 18 heavy (non-hydrogen) atoms. The molecule has 0 nitrogen and oxygen atoms in total. The molecule has 0 aliphatic heterocycles. The second kappa shape index (κ2) is 12.5. The van der Waals surface area contributed by atoms with E-state index in [0.29, 0.717) is 0 Å². The largest absolute Gasteiger partial charge is 0.119 e. The molecule has 1 fully saturated rings. The van der Waals surface area contributed by atoms with Gasteiger partial charge in [0.15, 0.2) is 0 Å². The molecule has 0 amide bonds. The molecule has 0 spiro atoms. The first-order chi connectivity index (χ1) is 8.93. The van der Waals surface area contributed by atoms with Gasteiger partial charge < -0.3 is 0 Å². The van der Waals surface area contributed by atoms with E-state index in [2.05, 4.69) is 6.92 Å². The maximum atomic E-state index is 2.31. The minimum Gasteiger partial charge on any atom is -0.119 e. The van der Waals surface area contributed by atoms with Crippen LogP contribution in [0.3, 0.4) is 0 Å². The third-order valence-corrected chi connectivity index (χ3v) is 6.12. The van der Waals surface area contributed by atoms with Gasteiger partial charge in [-0.3, -0.25) is 0 Å². The Morgan fingerprint density at radius 1 is 0.722 bits per heavy atom. The molecular formula is C17H35P. The van der Waals surface area contributed by atoms with E-state index in [1.165, 1.54) is 91.8 Å². The minimum atomic E-state index is 1.10. The van der Waals surface area contributed by atoms with Crippen LogP contribution in [0.4, 0.5) is 0 Å². The maximum Gasteiger partial charge on any atom is -0.0237 e.